The van der Waals surface area contributed by atoms with Gasteiger partial charge in [-0.05, 0) is 42.7 Å². The Balaban J connectivity index is 2.15. The molecule has 122 valence electrons. The van der Waals surface area contributed by atoms with Crippen LogP contribution in [-0.2, 0) is 4.57 Å². The van der Waals surface area contributed by atoms with E-state index in [1.807, 2.05) is 0 Å². The van der Waals surface area contributed by atoms with Crippen LogP contribution in [-0.4, -0.2) is 0 Å². The van der Waals surface area contributed by atoms with Gasteiger partial charge in [0.2, 0.25) is 0 Å². The Labute approximate surface area is 151 Å². The number of rotatable bonds is 6. The van der Waals surface area contributed by atoms with Gasteiger partial charge >= 0.3 is 7.82 Å². The van der Waals surface area contributed by atoms with E-state index in [1.165, 1.54) is 24.3 Å². The molecule has 0 radical (unpaired) electrons. The van der Waals surface area contributed by atoms with Crippen LogP contribution in [0.5, 0.6) is 17.2 Å². The lowest BCUT2D eigenvalue weighted by molar-refractivity contribution is 0.298. The van der Waals surface area contributed by atoms with Crippen LogP contribution in [0.25, 0.3) is 0 Å². The van der Waals surface area contributed by atoms with E-state index in [1.54, 1.807) is 36.4 Å². The first-order valence-electron chi connectivity index (χ1n) is 10.4. The molecule has 0 aliphatic rings. The zero-order chi connectivity index (χ0) is 22.8. The molecule has 0 aliphatic carbocycles. The Morgan fingerprint density at radius 3 is 1.92 bits per heavy atom. The summed E-state index contributed by atoms with van der Waals surface area (Å²) in [5.41, 5.74) is -0.827. The van der Waals surface area contributed by atoms with Crippen LogP contribution in [0.1, 0.15) is 15.2 Å². The third kappa shape index (κ3) is 4.18. The molecule has 0 bridgehead atoms. The lowest BCUT2D eigenvalue weighted by atomic mass is 10.2. The molecular weight excluding hydrogens is 323 g/mol. The maximum atomic E-state index is 13.6. The van der Waals surface area contributed by atoms with Crippen molar-refractivity contribution in [2.45, 2.75) is 6.85 Å². The zero-order valence-electron chi connectivity index (χ0n) is 19.4. The summed E-state index contributed by atoms with van der Waals surface area (Å²) in [6, 6.07) is 12.5. The smallest absolute Gasteiger partial charge is 0.386 e. The van der Waals surface area contributed by atoms with Crippen molar-refractivity contribution in [2.75, 3.05) is 0 Å². The first-order chi connectivity index (χ1) is 14.5. The van der Waals surface area contributed by atoms with Crippen molar-refractivity contribution in [1.82, 2.24) is 0 Å². The predicted octanol–water partition coefficient (Wildman–Crippen LogP) is 5.64. The van der Waals surface area contributed by atoms with Crippen molar-refractivity contribution in [3.63, 3.8) is 0 Å². The largest absolute Gasteiger partial charge is 0.647 e. The minimum Gasteiger partial charge on any atom is -0.386 e. The quantitative estimate of drug-likeness (QED) is 0.541. The maximum absolute atomic E-state index is 13.6. The summed E-state index contributed by atoms with van der Waals surface area (Å²) in [5, 5.41) is 0. The van der Waals surface area contributed by atoms with Gasteiger partial charge in [-0.15, -0.1) is 0 Å². The second-order valence-corrected chi connectivity index (χ2v) is 5.99. The number of phosphoric acid groups is 1. The molecule has 0 atom stereocenters. The van der Waals surface area contributed by atoms with Crippen molar-refractivity contribution in [1.29, 1.82) is 0 Å². The van der Waals surface area contributed by atoms with E-state index in [2.05, 4.69) is 0 Å². The summed E-state index contributed by atoms with van der Waals surface area (Å²) in [6.07, 6.45) is 0. The van der Waals surface area contributed by atoms with Crippen molar-refractivity contribution < 1.29 is 27.7 Å². The first kappa shape index (κ1) is 9.55. The van der Waals surface area contributed by atoms with Gasteiger partial charge in [0.1, 0.15) is 17.2 Å². The Bertz CT molecular complexity index is 1080. The molecule has 0 spiro atoms. The lowest BCUT2D eigenvalue weighted by Crippen LogP contribution is -2.08. The molecule has 24 heavy (non-hydrogen) atoms. The minimum atomic E-state index is -4.66. The van der Waals surface area contributed by atoms with Gasteiger partial charge in [0.05, 0.1) is 5.48 Å². The van der Waals surface area contributed by atoms with E-state index < -0.39 is 50.2 Å². The third-order valence-electron chi connectivity index (χ3n) is 2.78. The monoisotopic (exact) mass is 347 g/mol. The van der Waals surface area contributed by atoms with Gasteiger partial charge < -0.3 is 13.6 Å². The summed E-state index contributed by atoms with van der Waals surface area (Å²) < 4.78 is 84.5. The first-order valence-corrected chi connectivity index (χ1v) is 8.37. The highest BCUT2D eigenvalue weighted by Gasteiger charge is 2.33. The summed E-state index contributed by atoms with van der Waals surface area (Å²) in [7, 11) is -4.66. The molecule has 3 aromatic rings. The highest BCUT2D eigenvalue weighted by Crippen LogP contribution is 2.50. The summed E-state index contributed by atoms with van der Waals surface area (Å²) in [4.78, 5) is 0. The van der Waals surface area contributed by atoms with Gasteiger partial charge in [-0.1, -0.05) is 54.5 Å². The van der Waals surface area contributed by atoms with Crippen molar-refractivity contribution in [3.05, 3.63) is 90.4 Å². The fourth-order valence-corrected chi connectivity index (χ4v) is 2.99. The second-order valence-electron chi connectivity index (χ2n) is 4.55. The molecule has 0 heterocycles. The summed E-state index contributed by atoms with van der Waals surface area (Å²) in [5.74, 6) is -0.669. The molecule has 3 rings (SSSR count). The third-order valence-corrected chi connectivity index (χ3v) is 4.05. The van der Waals surface area contributed by atoms with Crippen molar-refractivity contribution in [2.24, 2.45) is 0 Å². The Morgan fingerprint density at radius 2 is 1.38 bits per heavy atom. The Morgan fingerprint density at radius 1 is 0.833 bits per heavy atom. The molecule has 5 heteroatoms. The van der Waals surface area contributed by atoms with Crippen LogP contribution in [0, 0.1) is 6.85 Å². The highest BCUT2D eigenvalue weighted by molar-refractivity contribution is 7.49. The standard InChI is InChI=1S/C19H17O4P/c1-16-10-8-9-15-19(16)23-24(20,21-17-11-4-2-5-12-17)22-18-13-6-3-7-14-18/h2-15H,1H3/i1D3,8D,9D,10D,15D. The number of benzene rings is 3. The molecule has 0 aromatic heterocycles. The fourth-order valence-electron chi connectivity index (χ4n) is 1.76. The molecule has 0 amide bonds. The van der Waals surface area contributed by atoms with Gasteiger partial charge in [0.15, 0.2) is 0 Å². The van der Waals surface area contributed by atoms with Crippen LogP contribution in [0.2, 0.25) is 0 Å². The average Bonchev–Trinajstić information content (AvgIpc) is 2.71. The lowest BCUT2D eigenvalue weighted by Gasteiger charge is -2.20. The van der Waals surface area contributed by atoms with E-state index in [-0.39, 0.29) is 11.5 Å². The zero-order valence-corrected chi connectivity index (χ0v) is 13.2. The second kappa shape index (κ2) is 7.24. The topological polar surface area (TPSA) is 44.8 Å². The molecular formula is C19H17O4P. The van der Waals surface area contributed by atoms with Crippen LogP contribution < -0.4 is 13.6 Å². The molecule has 0 fully saturated rings. The van der Waals surface area contributed by atoms with Gasteiger partial charge in [-0.2, -0.15) is 4.57 Å². The molecule has 0 N–H and O–H groups in total. The van der Waals surface area contributed by atoms with Gasteiger partial charge in [0, 0.05) is 4.11 Å². The van der Waals surface area contributed by atoms with E-state index in [9.17, 15) is 4.57 Å². The van der Waals surface area contributed by atoms with E-state index in [0.717, 1.165) is 0 Å². The SMILES string of the molecule is [2H]c1c([2H])c([2H])c(C([2H])([2H])[2H])c(OP(=O)(Oc2ccccc2)Oc2ccccc2)c1[2H]. The van der Waals surface area contributed by atoms with Crippen LogP contribution in [0.4, 0.5) is 0 Å². The van der Waals surface area contributed by atoms with Crippen LogP contribution in [0.3, 0.4) is 0 Å². The molecule has 3 aromatic carbocycles. The van der Waals surface area contributed by atoms with E-state index >= 15 is 0 Å². The summed E-state index contributed by atoms with van der Waals surface area (Å²) >= 11 is 0. The summed E-state index contributed by atoms with van der Waals surface area (Å²) in [6.45, 7) is -2.99. The average molecular weight is 347 g/mol. The van der Waals surface area contributed by atoms with Crippen LogP contribution in [0.15, 0.2) is 84.8 Å². The number of hydrogen-bond donors (Lipinski definition) is 0. The van der Waals surface area contributed by atoms with Crippen LogP contribution >= 0.6 is 7.82 Å². The van der Waals surface area contributed by atoms with Gasteiger partial charge in [0.25, 0.3) is 0 Å². The van der Waals surface area contributed by atoms with Gasteiger partial charge in [-0.3, -0.25) is 0 Å². The van der Waals surface area contributed by atoms with Gasteiger partial charge in [-0.25, -0.2) is 0 Å². The molecule has 0 unspecified atom stereocenters. The molecule has 0 saturated carbocycles. The molecule has 0 saturated heterocycles. The molecule has 4 nitrogen and oxygen atoms in total. The highest BCUT2D eigenvalue weighted by atomic mass is 31.2. The normalized spacial score (nSPS) is 15.6. The number of para-hydroxylation sites is 3. The Hall–Kier alpha value is -2.71. The van der Waals surface area contributed by atoms with Crippen molar-refractivity contribution >= 4 is 7.82 Å². The predicted molar refractivity (Wildman–Crippen MR) is 93.6 cm³/mol. The molecule has 0 aliphatic heterocycles. The Kier molecular flexibility index (Phi) is 2.88. The minimum absolute atomic E-state index is 0.0815. The van der Waals surface area contributed by atoms with E-state index in [4.69, 9.17) is 23.2 Å². The van der Waals surface area contributed by atoms with E-state index in [0.29, 0.717) is 0 Å². The fraction of sp³-hybridized carbons (Fsp3) is 0.0526. The van der Waals surface area contributed by atoms with Crippen molar-refractivity contribution in [3.8, 4) is 17.2 Å². The number of phosphoric ester groups is 1. The maximum Gasteiger partial charge on any atom is 0.647 e. The number of hydrogen-bond acceptors (Lipinski definition) is 4.